The lowest BCUT2D eigenvalue weighted by atomic mass is 10.2. The molecule has 1 amide bonds. The Morgan fingerprint density at radius 1 is 1.23 bits per heavy atom. The minimum Gasteiger partial charge on any atom is -0.497 e. The van der Waals surface area contributed by atoms with Crippen LogP contribution in [-0.4, -0.2) is 40.6 Å². The van der Waals surface area contributed by atoms with E-state index in [0.29, 0.717) is 17.2 Å². The fourth-order valence-electron chi connectivity index (χ4n) is 3.14. The van der Waals surface area contributed by atoms with Crippen molar-refractivity contribution in [3.8, 4) is 22.9 Å². The Bertz CT molecular complexity index is 1030. The number of carbonyl (C=O) groups is 1. The molecule has 0 unspecified atom stereocenters. The average Bonchev–Trinajstić information content (AvgIpc) is 3.39. The van der Waals surface area contributed by atoms with Gasteiger partial charge in [-0.25, -0.2) is 0 Å². The zero-order valence-corrected chi connectivity index (χ0v) is 20.1. The van der Waals surface area contributed by atoms with Crippen molar-refractivity contribution >= 4 is 34.7 Å². The smallest absolute Gasteiger partial charge is 0.234 e. The van der Waals surface area contributed by atoms with Gasteiger partial charge >= 0.3 is 0 Å². The molecule has 0 saturated heterocycles. The monoisotopic (exact) mass is 460 g/mol. The molecule has 0 atom stereocenters. The van der Waals surface area contributed by atoms with Crippen molar-refractivity contribution in [2.24, 2.45) is 0 Å². The molecular weight excluding hydrogens is 432 g/mol. The lowest BCUT2D eigenvalue weighted by molar-refractivity contribution is -0.113. The highest BCUT2D eigenvalue weighted by Gasteiger charge is 2.19. The molecule has 0 aliphatic rings. The molecule has 0 radical (unpaired) electrons. The van der Waals surface area contributed by atoms with Gasteiger partial charge in [-0.15, -0.1) is 21.5 Å². The average molecular weight is 461 g/mol. The van der Waals surface area contributed by atoms with Crippen molar-refractivity contribution < 1.29 is 14.3 Å². The molecule has 166 valence electrons. The van der Waals surface area contributed by atoms with E-state index in [0.717, 1.165) is 29.4 Å². The zero-order chi connectivity index (χ0) is 22.4. The van der Waals surface area contributed by atoms with E-state index in [9.17, 15) is 4.79 Å². The Hall–Kier alpha value is -2.52. The molecule has 3 aromatic rings. The third-order valence-corrected chi connectivity index (χ3v) is 6.54. The fourth-order valence-corrected chi connectivity index (χ4v) is 4.98. The van der Waals surface area contributed by atoms with E-state index in [1.54, 1.807) is 43.8 Å². The lowest BCUT2D eigenvalue weighted by Gasteiger charge is -2.14. The highest BCUT2D eigenvalue weighted by atomic mass is 32.2. The van der Waals surface area contributed by atoms with Gasteiger partial charge in [0.05, 0.1) is 25.7 Å². The first-order valence-corrected chi connectivity index (χ1v) is 12.0. The summed E-state index contributed by atoms with van der Waals surface area (Å²) in [4.78, 5) is 13.9. The van der Waals surface area contributed by atoms with Gasteiger partial charge in [-0.2, -0.15) is 0 Å². The Morgan fingerprint density at radius 2 is 2.03 bits per heavy atom. The van der Waals surface area contributed by atoms with Crippen LogP contribution in [0.25, 0.3) is 11.4 Å². The van der Waals surface area contributed by atoms with E-state index in [1.165, 1.54) is 16.6 Å². The fraction of sp³-hybridized carbons (Fsp3) is 0.409. The maximum Gasteiger partial charge on any atom is 0.234 e. The van der Waals surface area contributed by atoms with E-state index < -0.39 is 0 Å². The zero-order valence-electron chi connectivity index (χ0n) is 18.5. The van der Waals surface area contributed by atoms with Crippen molar-refractivity contribution in [1.29, 1.82) is 0 Å². The predicted octanol–water partition coefficient (Wildman–Crippen LogP) is 5.29. The highest BCUT2D eigenvalue weighted by molar-refractivity contribution is 7.99. The summed E-state index contributed by atoms with van der Waals surface area (Å²) in [6, 6.07) is 7.64. The number of hydrogen-bond acceptors (Lipinski definition) is 7. The summed E-state index contributed by atoms with van der Waals surface area (Å²) < 4.78 is 12.6. The molecule has 0 aliphatic heterocycles. The summed E-state index contributed by atoms with van der Waals surface area (Å²) in [5.74, 6) is 2.11. The molecule has 9 heteroatoms. The summed E-state index contributed by atoms with van der Waals surface area (Å²) >= 11 is 3.12. The second kappa shape index (κ2) is 10.7. The van der Waals surface area contributed by atoms with Gasteiger partial charge in [-0.05, 0) is 38.5 Å². The van der Waals surface area contributed by atoms with Crippen LogP contribution in [0.1, 0.15) is 38.1 Å². The molecule has 1 N–H and O–H groups in total. The second-order valence-electron chi connectivity index (χ2n) is 7.22. The molecule has 0 bridgehead atoms. The maximum atomic E-state index is 12.6. The summed E-state index contributed by atoms with van der Waals surface area (Å²) in [6.45, 7) is 6.37. The Labute approximate surface area is 191 Å². The van der Waals surface area contributed by atoms with Crippen LogP contribution in [0, 0.1) is 0 Å². The topological polar surface area (TPSA) is 78.3 Å². The number of aromatic nitrogens is 3. The van der Waals surface area contributed by atoms with E-state index >= 15 is 0 Å². The maximum absolute atomic E-state index is 12.6. The van der Waals surface area contributed by atoms with Gasteiger partial charge in [-0.3, -0.25) is 9.36 Å². The third-order valence-electron chi connectivity index (χ3n) is 4.60. The van der Waals surface area contributed by atoms with Crippen molar-refractivity contribution in [2.75, 3.05) is 25.3 Å². The standard InChI is InChI=1S/C22H28N4O3S2/c1-6-7-17-10-15(12-30-17)21-24-25-22(26(21)14(2)3)31-13-20(27)23-18-11-16(28-4)8-9-19(18)29-5/h8-12,14H,6-7,13H2,1-5H3,(H,23,27). The van der Waals surface area contributed by atoms with Gasteiger partial charge in [0, 0.05) is 27.9 Å². The molecule has 7 nitrogen and oxygen atoms in total. The van der Waals surface area contributed by atoms with Crippen molar-refractivity contribution in [3.63, 3.8) is 0 Å². The molecule has 0 aliphatic carbocycles. The van der Waals surface area contributed by atoms with Gasteiger partial charge in [0.1, 0.15) is 11.5 Å². The van der Waals surface area contributed by atoms with Crippen LogP contribution in [-0.2, 0) is 11.2 Å². The lowest BCUT2D eigenvalue weighted by Crippen LogP contribution is -2.15. The van der Waals surface area contributed by atoms with E-state index in [2.05, 4.69) is 52.3 Å². The first kappa shape index (κ1) is 23.1. The Kier molecular flexibility index (Phi) is 7.97. The van der Waals surface area contributed by atoms with Gasteiger partial charge in [0.25, 0.3) is 0 Å². The van der Waals surface area contributed by atoms with Gasteiger partial charge in [0.15, 0.2) is 11.0 Å². The number of ether oxygens (including phenoxy) is 2. The number of amides is 1. The number of benzene rings is 1. The number of aryl methyl sites for hydroxylation is 1. The predicted molar refractivity (Wildman–Crippen MR) is 127 cm³/mol. The summed E-state index contributed by atoms with van der Waals surface area (Å²) in [6.07, 6.45) is 2.18. The van der Waals surface area contributed by atoms with Crippen LogP contribution in [0.2, 0.25) is 0 Å². The highest BCUT2D eigenvalue weighted by Crippen LogP contribution is 2.32. The van der Waals surface area contributed by atoms with Crippen LogP contribution in [0.3, 0.4) is 0 Å². The summed E-state index contributed by atoms with van der Waals surface area (Å²) in [5.41, 5.74) is 1.65. The molecular formula is C22H28N4O3S2. The number of thioether (sulfide) groups is 1. The number of thiophene rings is 1. The van der Waals surface area contributed by atoms with Crippen molar-refractivity contribution in [1.82, 2.24) is 14.8 Å². The van der Waals surface area contributed by atoms with Gasteiger partial charge in [0.2, 0.25) is 5.91 Å². The number of methoxy groups -OCH3 is 2. The molecule has 3 rings (SSSR count). The second-order valence-corrected chi connectivity index (χ2v) is 9.16. The van der Waals surface area contributed by atoms with E-state index in [-0.39, 0.29) is 17.7 Å². The molecule has 0 fully saturated rings. The summed E-state index contributed by atoms with van der Waals surface area (Å²) in [7, 11) is 3.15. The number of nitrogens with one attached hydrogen (secondary N) is 1. The molecule has 1 aromatic carbocycles. The minimum absolute atomic E-state index is 0.155. The third kappa shape index (κ3) is 5.59. The van der Waals surface area contributed by atoms with Gasteiger partial charge in [-0.1, -0.05) is 25.1 Å². The summed E-state index contributed by atoms with van der Waals surface area (Å²) in [5, 5.41) is 14.5. The normalized spacial score (nSPS) is 11.0. The Morgan fingerprint density at radius 3 is 2.71 bits per heavy atom. The quantitative estimate of drug-likeness (QED) is 0.414. The number of anilines is 1. The first-order valence-electron chi connectivity index (χ1n) is 10.1. The van der Waals surface area contributed by atoms with Crippen LogP contribution in [0.4, 0.5) is 5.69 Å². The van der Waals surface area contributed by atoms with Crippen LogP contribution in [0.15, 0.2) is 34.8 Å². The van der Waals surface area contributed by atoms with Crippen LogP contribution in [0.5, 0.6) is 11.5 Å². The number of rotatable bonds is 10. The molecule has 2 aromatic heterocycles. The van der Waals surface area contributed by atoms with Crippen LogP contribution < -0.4 is 14.8 Å². The number of hydrogen-bond donors (Lipinski definition) is 1. The van der Waals surface area contributed by atoms with Gasteiger partial charge < -0.3 is 14.8 Å². The molecule has 2 heterocycles. The Balaban J connectivity index is 1.73. The van der Waals surface area contributed by atoms with E-state index in [4.69, 9.17) is 9.47 Å². The first-order chi connectivity index (χ1) is 15.0. The number of nitrogens with zero attached hydrogens (tertiary/aromatic N) is 3. The number of carbonyl (C=O) groups excluding carboxylic acids is 1. The largest absolute Gasteiger partial charge is 0.497 e. The SMILES string of the molecule is CCCc1cc(-c2nnc(SCC(=O)Nc3cc(OC)ccc3OC)n2C(C)C)cs1. The van der Waals surface area contributed by atoms with Crippen molar-refractivity contribution in [2.45, 2.75) is 44.8 Å². The van der Waals surface area contributed by atoms with E-state index in [1.807, 2.05) is 0 Å². The molecule has 0 spiro atoms. The molecule has 0 saturated carbocycles. The van der Waals surface area contributed by atoms with Crippen LogP contribution >= 0.6 is 23.1 Å². The molecule has 31 heavy (non-hydrogen) atoms. The minimum atomic E-state index is -0.155. The van der Waals surface area contributed by atoms with Crippen molar-refractivity contribution in [3.05, 3.63) is 34.5 Å².